The van der Waals surface area contributed by atoms with E-state index < -0.39 is 0 Å². The second-order valence-corrected chi connectivity index (χ2v) is 13.1. The van der Waals surface area contributed by atoms with E-state index in [0.29, 0.717) is 17.3 Å². The maximum atomic E-state index is 10.8. The number of hydrogen-bond acceptors (Lipinski definition) is 1. The monoisotopic (exact) mass is 424 g/mol. The molecular formula is C30H48O. The Morgan fingerprint density at radius 3 is 2.48 bits per heavy atom. The van der Waals surface area contributed by atoms with Crippen molar-refractivity contribution >= 4 is 0 Å². The van der Waals surface area contributed by atoms with Crippen LogP contribution >= 0.6 is 0 Å². The lowest BCUT2D eigenvalue weighted by molar-refractivity contribution is -0.0827. The molecule has 2 fully saturated rings. The molecule has 1 N–H and O–H groups in total. The van der Waals surface area contributed by atoms with E-state index >= 15 is 0 Å². The summed E-state index contributed by atoms with van der Waals surface area (Å²) in [5.41, 5.74) is 5.41. The second-order valence-electron chi connectivity index (χ2n) is 13.1. The molecule has 0 amide bonds. The zero-order valence-corrected chi connectivity index (χ0v) is 21.3. The van der Waals surface area contributed by atoms with Crippen LogP contribution in [0.2, 0.25) is 0 Å². The van der Waals surface area contributed by atoms with Crippen LogP contribution in [0.15, 0.2) is 35.5 Å². The fraction of sp³-hybridized carbons (Fsp3) is 0.800. The van der Waals surface area contributed by atoms with Crippen LogP contribution in [0.25, 0.3) is 0 Å². The smallest absolute Gasteiger partial charge is 0.0594 e. The van der Waals surface area contributed by atoms with Gasteiger partial charge in [0.25, 0.3) is 0 Å². The summed E-state index contributed by atoms with van der Waals surface area (Å²) in [7, 11) is 0. The highest BCUT2D eigenvalue weighted by Crippen LogP contribution is 2.64. The van der Waals surface area contributed by atoms with Crippen molar-refractivity contribution in [2.45, 2.75) is 112 Å². The van der Waals surface area contributed by atoms with Gasteiger partial charge in [0, 0.05) is 0 Å². The predicted molar refractivity (Wildman–Crippen MR) is 133 cm³/mol. The van der Waals surface area contributed by atoms with E-state index in [2.05, 4.69) is 60.3 Å². The topological polar surface area (TPSA) is 20.2 Å². The molecule has 2 bridgehead atoms. The summed E-state index contributed by atoms with van der Waals surface area (Å²) in [6.45, 7) is 18.6. The Morgan fingerprint density at radius 2 is 1.77 bits per heavy atom. The fourth-order valence-corrected chi connectivity index (χ4v) is 8.13. The van der Waals surface area contributed by atoms with Gasteiger partial charge in [0.15, 0.2) is 0 Å². The van der Waals surface area contributed by atoms with Crippen LogP contribution in [-0.4, -0.2) is 11.2 Å². The van der Waals surface area contributed by atoms with Gasteiger partial charge in [-0.3, -0.25) is 0 Å². The third-order valence-corrected chi connectivity index (χ3v) is 10.5. The fourth-order valence-electron chi connectivity index (χ4n) is 8.13. The zero-order valence-electron chi connectivity index (χ0n) is 21.3. The highest BCUT2D eigenvalue weighted by Gasteiger charge is 2.56. The predicted octanol–water partition coefficient (Wildman–Crippen LogP) is 8.26. The molecule has 0 heterocycles. The van der Waals surface area contributed by atoms with Gasteiger partial charge in [0.2, 0.25) is 0 Å². The first kappa shape index (κ1) is 23.3. The molecule has 1 nitrogen and oxygen atoms in total. The maximum absolute atomic E-state index is 10.8. The lowest BCUT2D eigenvalue weighted by atomic mass is 9.47. The van der Waals surface area contributed by atoms with Gasteiger partial charge >= 0.3 is 0 Å². The minimum atomic E-state index is -0.160. The van der Waals surface area contributed by atoms with Crippen LogP contribution in [0.5, 0.6) is 0 Å². The van der Waals surface area contributed by atoms with E-state index in [1.165, 1.54) is 50.5 Å². The van der Waals surface area contributed by atoms with Crippen LogP contribution in [-0.2, 0) is 0 Å². The van der Waals surface area contributed by atoms with E-state index in [4.69, 9.17) is 0 Å². The zero-order chi connectivity index (χ0) is 22.6. The summed E-state index contributed by atoms with van der Waals surface area (Å²) < 4.78 is 0. The number of allylic oxidation sites excluding steroid dienone is 5. The molecule has 4 aliphatic rings. The van der Waals surface area contributed by atoms with Crippen molar-refractivity contribution in [2.75, 3.05) is 0 Å². The molecule has 0 saturated heterocycles. The van der Waals surface area contributed by atoms with Crippen molar-refractivity contribution in [3.05, 3.63) is 35.5 Å². The molecule has 4 aliphatic carbocycles. The highest BCUT2D eigenvalue weighted by atomic mass is 16.3. The van der Waals surface area contributed by atoms with Gasteiger partial charge in [0.1, 0.15) is 0 Å². The Hall–Kier alpha value is -0.820. The Balaban J connectivity index is 1.56. The van der Waals surface area contributed by atoms with Crippen LogP contribution in [0.4, 0.5) is 0 Å². The highest BCUT2D eigenvalue weighted by molar-refractivity contribution is 5.46. The normalized spacial score (nSPS) is 41.5. The Labute approximate surface area is 192 Å². The Morgan fingerprint density at radius 1 is 1.06 bits per heavy atom. The molecule has 4 rings (SSSR count). The number of rotatable bonds is 5. The summed E-state index contributed by atoms with van der Waals surface area (Å²) in [6, 6.07) is 0. The van der Waals surface area contributed by atoms with Gasteiger partial charge in [-0.05, 0) is 115 Å². The van der Waals surface area contributed by atoms with Crippen LogP contribution < -0.4 is 0 Å². The molecule has 0 radical (unpaired) electrons. The van der Waals surface area contributed by atoms with E-state index in [0.717, 1.165) is 31.1 Å². The molecule has 6 atom stereocenters. The number of hydrogen-bond donors (Lipinski definition) is 1. The molecule has 174 valence electrons. The van der Waals surface area contributed by atoms with Crippen molar-refractivity contribution in [1.82, 2.24) is 0 Å². The summed E-state index contributed by atoms with van der Waals surface area (Å²) in [4.78, 5) is 0. The third-order valence-electron chi connectivity index (χ3n) is 10.5. The first-order valence-electron chi connectivity index (χ1n) is 13.3. The van der Waals surface area contributed by atoms with Gasteiger partial charge in [-0.25, -0.2) is 0 Å². The van der Waals surface area contributed by atoms with Crippen LogP contribution in [0.3, 0.4) is 0 Å². The SMILES string of the molecule is C=C(CCC[C@H]1CCC2(C)C[C@H]1CC=C1C2=CCC2C(C)(C)[C@H](O)CC[C@]12C)C(C)C. The molecule has 2 unspecified atom stereocenters. The van der Waals surface area contributed by atoms with Crippen LogP contribution in [0.1, 0.15) is 106 Å². The van der Waals surface area contributed by atoms with Crippen molar-refractivity contribution in [3.8, 4) is 0 Å². The van der Waals surface area contributed by atoms with E-state index in [1.807, 2.05) is 0 Å². The minimum absolute atomic E-state index is 0.000494. The lowest BCUT2D eigenvalue weighted by Crippen LogP contribution is -2.52. The Kier molecular flexibility index (Phi) is 6.17. The molecular weight excluding hydrogens is 376 g/mol. The van der Waals surface area contributed by atoms with Crippen molar-refractivity contribution < 1.29 is 5.11 Å². The van der Waals surface area contributed by atoms with Crippen molar-refractivity contribution in [2.24, 2.45) is 39.9 Å². The van der Waals surface area contributed by atoms with Gasteiger partial charge < -0.3 is 5.11 Å². The van der Waals surface area contributed by atoms with Crippen LogP contribution in [0, 0.1) is 39.9 Å². The molecule has 0 aliphatic heterocycles. The second kappa shape index (κ2) is 8.19. The lowest BCUT2D eigenvalue weighted by Gasteiger charge is -2.58. The first-order chi connectivity index (χ1) is 14.5. The number of fused-ring (bicyclic) bond motifs is 6. The summed E-state index contributed by atoms with van der Waals surface area (Å²) in [5, 5.41) is 10.8. The molecule has 0 aromatic heterocycles. The summed E-state index contributed by atoms with van der Waals surface area (Å²) in [5.74, 6) is 2.91. The molecule has 0 spiro atoms. The molecule has 0 aromatic carbocycles. The van der Waals surface area contributed by atoms with Gasteiger partial charge in [-0.15, -0.1) is 0 Å². The van der Waals surface area contributed by atoms with Gasteiger partial charge in [-0.1, -0.05) is 65.8 Å². The minimum Gasteiger partial charge on any atom is -0.393 e. The van der Waals surface area contributed by atoms with E-state index in [-0.39, 0.29) is 16.9 Å². The molecule has 1 heteroatoms. The summed E-state index contributed by atoms with van der Waals surface area (Å²) >= 11 is 0. The standard InChI is InChI=1S/C30H48O/c1-20(2)21(3)9-8-10-22-15-17-29(6)19-23(22)11-12-25-24(29)13-14-26-28(4,5)27(31)16-18-30(25,26)7/h12-13,20,22-23,26-27,31H,3,8-11,14-19H2,1-2,4-7H3/t22-,23+,26?,27+,29?,30+/m0/s1. The average Bonchev–Trinajstić information content (AvgIpc) is 2.82. The largest absolute Gasteiger partial charge is 0.393 e. The molecule has 2 saturated carbocycles. The van der Waals surface area contributed by atoms with E-state index in [1.54, 1.807) is 11.1 Å². The quantitative estimate of drug-likeness (QED) is 0.440. The van der Waals surface area contributed by atoms with E-state index in [9.17, 15) is 5.11 Å². The average molecular weight is 425 g/mol. The number of aliphatic hydroxyl groups is 1. The third kappa shape index (κ3) is 3.92. The number of aliphatic hydroxyl groups excluding tert-OH is 1. The maximum Gasteiger partial charge on any atom is 0.0594 e. The van der Waals surface area contributed by atoms with Crippen molar-refractivity contribution in [1.29, 1.82) is 0 Å². The summed E-state index contributed by atoms with van der Waals surface area (Å²) in [6.07, 6.45) is 17.7. The Bertz CT molecular complexity index is 767. The molecule has 0 aromatic rings. The van der Waals surface area contributed by atoms with Gasteiger partial charge in [0.05, 0.1) is 6.10 Å². The first-order valence-corrected chi connectivity index (χ1v) is 13.3. The van der Waals surface area contributed by atoms with Gasteiger partial charge in [-0.2, -0.15) is 0 Å². The molecule has 31 heavy (non-hydrogen) atoms. The van der Waals surface area contributed by atoms with Crippen molar-refractivity contribution in [3.63, 3.8) is 0 Å².